The second-order valence-corrected chi connectivity index (χ2v) is 12.0. The first-order chi connectivity index (χ1) is 14.3. The lowest BCUT2D eigenvalue weighted by molar-refractivity contribution is -0.129. The van der Waals surface area contributed by atoms with E-state index in [0.29, 0.717) is 0 Å². The van der Waals surface area contributed by atoms with Crippen LogP contribution in [-0.4, -0.2) is 36.0 Å². The molecule has 0 spiro atoms. The predicted octanol–water partition coefficient (Wildman–Crippen LogP) is 6.67. The highest BCUT2D eigenvalue weighted by Gasteiger charge is 2.39. The molecule has 0 saturated heterocycles. The number of primary amides is 1. The minimum Gasteiger partial charge on any atom is -0.377 e. The standard InChI is InChI=1S/C24H49NO4Si.ClH/c1-7-8-9-10-11-12-13-14-15-16-17-19-22(24(2,3)23(25)26)20-18-21-30(27-4,28-5)29-6;/h12-13,22H,7-11,14-21H2,1-6H3,(H2,25,26);1H. The van der Waals surface area contributed by atoms with Crippen LogP contribution in [0.4, 0.5) is 0 Å². The van der Waals surface area contributed by atoms with Gasteiger partial charge in [0.2, 0.25) is 5.91 Å². The fourth-order valence-corrected chi connectivity index (χ4v) is 5.69. The summed E-state index contributed by atoms with van der Waals surface area (Å²) < 4.78 is 16.6. The molecular formula is C24H50ClNO4Si. The second kappa shape index (κ2) is 19.1. The van der Waals surface area contributed by atoms with Crippen molar-refractivity contribution >= 4 is 27.1 Å². The van der Waals surface area contributed by atoms with Gasteiger partial charge < -0.3 is 19.0 Å². The van der Waals surface area contributed by atoms with Gasteiger partial charge in [-0.1, -0.05) is 65.0 Å². The zero-order chi connectivity index (χ0) is 22.9. The summed E-state index contributed by atoms with van der Waals surface area (Å²) in [5, 5.41) is 0. The quantitative estimate of drug-likeness (QED) is 0.120. The Bertz CT molecular complexity index is 462. The molecule has 2 N–H and O–H groups in total. The number of rotatable bonds is 20. The molecule has 0 aliphatic rings. The molecule has 7 heteroatoms. The fraction of sp³-hybridized carbons (Fsp3) is 0.875. The van der Waals surface area contributed by atoms with Crippen molar-refractivity contribution in [3.05, 3.63) is 12.2 Å². The molecule has 0 aliphatic carbocycles. The largest absolute Gasteiger partial charge is 0.500 e. The number of unbranched alkanes of at least 4 members (excludes halogenated alkanes) is 7. The van der Waals surface area contributed by atoms with Crippen molar-refractivity contribution in [3.63, 3.8) is 0 Å². The molecule has 0 saturated carbocycles. The Kier molecular flexibility index (Phi) is 20.2. The van der Waals surface area contributed by atoms with Gasteiger partial charge in [0, 0.05) is 32.8 Å². The SMILES string of the molecule is CCCCCCC=CCCCCCC(CCC[Si](OC)(OC)OC)C(C)(C)C(N)=O.Cl. The molecule has 0 aliphatic heterocycles. The van der Waals surface area contributed by atoms with E-state index in [1.807, 2.05) is 13.8 Å². The van der Waals surface area contributed by atoms with Gasteiger partial charge in [-0.2, -0.15) is 0 Å². The maximum atomic E-state index is 12.0. The van der Waals surface area contributed by atoms with Crippen molar-refractivity contribution in [1.82, 2.24) is 0 Å². The van der Waals surface area contributed by atoms with E-state index in [9.17, 15) is 4.79 Å². The van der Waals surface area contributed by atoms with E-state index in [2.05, 4.69) is 19.1 Å². The van der Waals surface area contributed by atoms with Gasteiger partial charge >= 0.3 is 8.80 Å². The molecule has 0 radical (unpaired) electrons. The predicted molar refractivity (Wildman–Crippen MR) is 136 cm³/mol. The lowest BCUT2D eigenvalue weighted by atomic mass is 9.73. The number of hydrogen-bond donors (Lipinski definition) is 1. The van der Waals surface area contributed by atoms with Crippen LogP contribution < -0.4 is 5.73 Å². The lowest BCUT2D eigenvalue weighted by Crippen LogP contribution is -2.43. The summed E-state index contributed by atoms with van der Waals surface area (Å²) in [5.74, 6) is 0.0496. The topological polar surface area (TPSA) is 70.8 Å². The highest BCUT2D eigenvalue weighted by atomic mass is 35.5. The van der Waals surface area contributed by atoms with Crippen molar-refractivity contribution in [3.8, 4) is 0 Å². The van der Waals surface area contributed by atoms with Gasteiger partial charge in [-0.25, -0.2) is 0 Å². The Morgan fingerprint density at radius 2 is 1.35 bits per heavy atom. The number of carbonyl (C=O) groups excluding carboxylic acids is 1. The molecule has 0 heterocycles. The van der Waals surface area contributed by atoms with Gasteiger partial charge in [0.15, 0.2) is 0 Å². The number of hydrogen-bond acceptors (Lipinski definition) is 4. The van der Waals surface area contributed by atoms with E-state index in [0.717, 1.165) is 38.1 Å². The Morgan fingerprint density at radius 3 is 1.81 bits per heavy atom. The summed E-state index contributed by atoms with van der Waals surface area (Å²) in [6.45, 7) is 6.21. The monoisotopic (exact) mass is 479 g/mol. The van der Waals surface area contributed by atoms with Crippen LogP contribution >= 0.6 is 12.4 Å². The summed E-state index contributed by atoms with van der Waals surface area (Å²) in [4.78, 5) is 12.0. The summed E-state index contributed by atoms with van der Waals surface area (Å²) in [6, 6.07) is 0.755. The van der Waals surface area contributed by atoms with Crippen LogP contribution in [-0.2, 0) is 18.1 Å². The normalized spacial score (nSPS) is 13.4. The van der Waals surface area contributed by atoms with Gasteiger partial charge in [-0.3, -0.25) is 4.79 Å². The number of carbonyl (C=O) groups is 1. The summed E-state index contributed by atoms with van der Waals surface area (Å²) in [6.07, 6.45) is 18.7. The minimum absolute atomic E-state index is 0. The van der Waals surface area contributed by atoms with E-state index >= 15 is 0 Å². The van der Waals surface area contributed by atoms with Crippen LogP contribution in [0.3, 0.4) is 0 Å². The van der Waals surface area contributed by atoms with E-state index in [1.165, 1.54) is 44.9 Å². The average molecular weight is 480 g/mol. The fourth-order valence-electron chi connectivity index (χ4n) is 3.94. The van der Waals surface area contributed by atoms with Crippen LogP contribution in [0.1, 0.15) is 97.8 Å². The van der Waals surface area contributed by atoms with Crippen molar-refractivity contribution in [2.24, 2.45) is 17.1 Å². The molecule has 31 heavy (non-hydrogen) atoms. The van der Waals surface area contributed by atoms with E-state index in [4.69, 9.17) is 19.0 Å². The maximum Gasteiger partial charge on any atom is 0.500 e. The molecule has 0 bridgehead atoms. The summed E-state index contributed by atoms with van der Waals surface area (Å²) in [7, 11) is 2.37. The zero-order valence-corrected chi connectivity index (χ0v) is 22.9. The van der Waals surface area contributed by atoms with Crippen LogP contribution in [0.15, 0.2) is 12.2 Å². The van der Waals surface area contributed by atoms with Gasteiger partial charge in [0.25, 0.3) is 0 Å². The van der Waals surface area contributed by atoms with Crippen molar-refractivity contribution in [2.45, 2.75) is 104 Å². The van der Waals surface area contributed by atoms with E-state index < -0.39 is 14.2 Å². The lowest BCUT2D eigenvalue weighted by Gasteiger charge is -2.32. The first kappa shape index (κ1) is 32.8. The third-order valence-corrected chi connectivity index (χ3v) is 9.27. The first-order valence-electron chi connectivity index (χ1n) is 11.9. The third kappa shape index (κ3) is 13.7. The summed E-state index contributed by atoms with van der Waals surface area (Å²) >= 11 is 0. The Balaban J connectivity index is 0. The van der Waals surface area contributed by atoms with Crippen LogP contribution in [0.2, 0.25) is 6.04 Å². The highest BCUT2D eigenvalue weighted by molar-refractivity contribution is 6.60. The van der Waals surface area contributed by atoms with Crippen molar-refractivity contribution < 1.29 is 18.1 Å². The molecule has 5 nitrogen and oxygen atoms in total. The van der Waals surface area contributed by atoms with Gasteiger partial charge in [0.1, 0.15) is 0 Å². The molecule has 0 aromatic heterocycles. The molecule has 186 valence electrons. The number of halogens is 1. The van der Waals surface area contributed by atoms with Gasteiger partial charge in [0.05, 0.1) is 0 Å². The Hall–Kier alpha value is -0.403. The van der Waals surface area contributed by atoms with Crippen LogP contribution in [0.5, 0.6) is 0 Å². The third-order valence-electron chi connectivity index (χ3n) is 6.44. The van der Waals surface area contributed by atoms with E-state index in [-0.39, 0.29) is 24.2 Å². The molecule has 1 amide bonds. The number of nitrogens with two attached hydrogens (primary N) is 1. The van der Waals surface area contributed by atoms with Crippen molar-refractivity contribution in [2.75, 3.05) is 21.3 Å². The Labute approximate surface area is 199 Å². The molecule has 0 rings (SSSR count). The zero-order valence-electron chi connectivity index (χ0n) is 21.0. The first-order valence-corrected chi connectivity index (χ1v) is 13.8. The smallest absolute Gasteiger partial charge is 0.377 e. The molecule has 0 aromatic carbocycles. The van der Waals surface area contributed by atoms with E-state index in [1.54, 1.807) is 21.3 Å². The van der Waals surface area contributed by atoms with Crippen molar-refractivity contribution in [1.29, 1.82) is 0 Å². The maximum absolute atomic E-state index is 12.0. The molecule has 0 fully saturated rings. The van der Waals surface area contributed by atoms with Crippen LogP contribution in [0, 0.1) is 11.3 Å². The Morgan fingerprint density at radius 1 is 0.871 bits per heavy atom. The molecular weight excluding hydrogens is 430 g/mol. The number of amides is 1. The van der Waals surface area contributed by atoms with Gasteiger partial charge in [-0.15, -0.1) is 12.4 Å². The molecule has 1 atom stereocenters. The molecule has 1 unspecified atom stereocenters. The number of allylic oxidation sites excluding steroid dienone is 2. The highest BCUT2D eigenvalue weighted by Crippen LogP contribution is 2.35. The van der Waals surface area contributed by atoms with Crippen LogP contribution in [0.25, 0.3) is 0 Å². The minimum atomic E-state index is -2.56. The summed E-state index contributed by atoms with van der Waals surface area (Å²) in [5.41, 5.74) is 5.22. The average Bonchev–Trinajstić information content (AvgIpc) is 2.73. The second-order valence-electron chi connectivity index (χ2n) is 8.93. The van der Waals surface area contributed by atoms with Gasteiger partial charge in [-0.05, 0) is 50.9 Å². The molecule has 0 aromatic rings.